The SMILES string of the molecule is Cc1ccc(C2/C(=C(/O)c3ccc(Br)cc3)C(=O)C(=O)N2CCOCCO)cc1. The molecular weight excluding hydrogens is 438 g/mol. The summed E-state index contributed by atoms with van der Waals surface area (Å²) >= 11 is 3.35. The number of aliphatic hydroxyl groups is 2. The number of ether oxygens (including phenoxy) is 1. The maximum absolute atomic E-state index is 12.8. The molecule has 2 N–H and O–H groups in total. The van der Waals surface area contributed by atoms with Gasteiger partial charge in [-0.2, -0.15) is 0 Å². The average molecular weight is 460 g/mol. The number of aryl methyl sites for hydroxylation is 1. The van der Waals surface area contributed by atoms with Crippen LogP contribution in [0.3, 0.4) is 0 Å². The summed E-state index contributed by atoms with van der Waals surface area (Å²) in [6.45, 7) is 2.32. The number of amides is 1. The predicted octanol–water partition coefficient (Wildman–Crippen LogP) is 3.19. The summed E-state index contributed by atoms with van der Waals surface area (Å²) in [5.74, 6) is -1.61. The topological polar surface area (TPSA) is 87.1 Å². The minimum absolute atomic E-state index is 0.0586. The van der Waals surface area contributed by atoms with Gasteiger partial charge in [0.25, 0.3) is 11.7 Å². The molecule has 1 atom stereocenters. The van der Waals surface area contributed by atoms with Crippen molar-refractivity contribution < 1.29 is 24.5 Å². The summed E-state index contributed by atoms with van der Waals surface area (Å²) in [5, 5.41) is 19.8. The molecule has 1 amide bonds. The zero-order valence-corrected chi connectivity index (χ0v) is 17.6. The molecule has 1 aliphatic rings. The van der Waals surface area contributed by atoms with Gasteiger partial charge >= 0.3 is 0 Å². The summed E-state index contributed by atoms with van der Waals surface area (Å²) < 4.78 is 6.12. The summed E-state index contributed by atoms with van der Waals surface area (Å²) in [7, 11) is 0. The molecule has 0 aromatic heterocycles. The van der Waals surface area contributed by atoms with Crippen molar-refractivity contribution in [2.75, 3.05) is 26.4 Å². The van der Waals surface area contributed by atoms with Crippen molar-refractivity contribution in [3.05, 3.63) is 75.3 Å². The van der Waals surface area contributed by atoms with Crippen LogP contribution in [0.5, 0.6) is 0 Å². The van der Waals surface area contributed by atoms with Crippen molar-refractivity contribution in [3.63, 3.8) is 0 Å². The number of nitrogens with zero attached hydrogens (tertiary/aromatic N) is 1. The van der Waals surface area contributed by atoms with Gasteiger partial charge in [0, 0.05) is 16.6 Å². The molecule has 0 bridgehead atoms. The van der Waals surface area contributed by atoms with Crippen LogP contribution in [0.4, 0.5) is 0 Å². The molecule has 1 saturated heterocycles. The molecule has 0 aliphatic carbocycles. The maximum atomic E-state index is 12.8. The normalized spacial score (nSPS) is 18.4. The molecular formula is C22H22BrNO5. The van der Waals surface area contributed by atoms with Crippen molar-refractivity contribution in [3.8, 4) is 0 Å². The van der Waals surface area contributed by atoms with Crippen molar-refractivity contribution in [2.24, 2.45) is 0 Å². The minimum Gasteiger partial charge on any atom is -0.507 e. The van der Waals surface area contributed by atoms with Gasteiger partial charge in [-0.1, -0.05) is 57.9 Å². The first-order valence-electron chi connectivity index (χ1n) is 9.23. The van der Waals surface area contributed by atoms with E-state index in [0.29, 0.717) is 5.56 Å². The highest BCUT2D eigenvalue weighted by Gasteiger charge is 2.45. The lowest BCUT2D eigenvalue weighted by Gasteiger charge is -2.25. The Hall–Kier alpha value is -2.48. The van der Waals surface area contributed by atoms with E-state index in [1.807, 2.05) is 31.2 Å². The van der Waals surface area contributed by atoms with Crippen molar-refractivity contribution >= 4 is 33.4 Å². The van der Waals surface area contributed by atoms with E-state index >= 15 is 0 Å². The molecule has 1 unspecified atom stereocenters. The zero-order chi connectivity index (χ0) is 21.0. The summed E-state index contributed by atoms with van der Waals surface area (Å²) in [4.78, 5) is 27.0. The van der Waals surface area contributed by atoms with Gasteiger partial charge in [-0.25, -0.2) is 0 Å². The second-order valence-electron chi connectivity index (χ2n) is 6.75. The number of hydrogen-bond acceptors (Lipinski definition) is 5. The Bertz CT molecular complexity index is 921. The number of benzene rings is 2. The van der Waals surface area contributed by atoms with Gasteiger partial charge in [0.2, 0.25) is 0 Å². The molecule has 1 fully saturated rings. The first kappa shape index (κ1) is 21.2. The molecule has 7 heteroatoms. The van der Waals surface area contributed by atoms with Crippen molar-refractivity contribution in [1.82, 2.24) is 4.90 Å². The Morgan fingerprint density at radius 2 is 1.72 bits per heavy atom. The molecule has 1 aliphatic heterocycles. The molecule has 3 rings (SSSR count). The van der Waals surface area contributed by atoms with Crippen molar-refractivity contribution in [2.45, 2.75) is 13.0 Å². The highest BCUT2D eigenvalue weighted by molar-refractivity contribution is 9.10. The van der Waals surface area contributed by atoms with Gasteiger partial charge in [0.05, 0.1) is 31.4 Å². The third kappa shape index (κ3) is 4.58. The standard InChI is InChI=1S/C22H22BrNO5/c1-14-2-4-15(5-3-14)19-18(20(26)16-6-8-17(23)9-7-16)21(27)22(28)24(19)10-12-29-13-11-25/h2-9,19,25-26H,10-13H2,1H3/b20-18-. The average Bonchev–Trinajstić information content (AvgIpc) is 2.96. The first-order valence-corrected chi connectivity index (χ1v) is 10.0. The molecule has 0 radical (unpaired) electrons. The smallest absolute Gasteiger partial charge is 0.295 e. The number of carbonyl (C=O) groups excluding carboxylic acids is 2. The first-order chi connectivity index (χ1) is 13.9. The van der Waals surface area contributed by atoms with E-state index in [0.717, 1.165) is 15.6 Å². The molecule has 1 heterocycles. The molecule has 29 heavy (non-hydrogen) atoms. The van der Waals surface area contributed by atoms with E-state index in [1.165, 1.54) is 4.90 Å². The highest BCUT2D eigenvalue weighted by atomic mass is 79.9. The Morgan fingerprint density at radius 1 is 1.07 bits per heavy atom. The fourth-order valence-electron chi connectivity index (χ4n) is 3.30. The maximum Gasteiger partial charge on any atom is 0.295 e. The van der Waals surface area contributed by atoms with E-state index in [1.54, 1.807) is 24.3 Å². The van der Waals surface area contributed by atoms with E-state index < -0.39 is 17.7 Å². The van der Waals surface area contributed by atoms with Crippen LogP contribution in [-0.4, -0.2) is 53.2 Å². The monoisotopic (exact) mass is 459 g/mol. The zero-order valence-electron chi connectivity index (χ0n) is 16.0. The lowest BCUT2D eigenvalue weighted by atomic mass is 9.95. The van der Waals surface area contributed by atoms with Crippen LogP contribution >= 0.6 is 15.9 Å². The van der Waals surface area contributed by atoms with E-state index in [4.69, 9.17) is 9.84 Å². The minimum atomic E-state index is -0.724. The van der Waals surface area contributed by atoms with Crippen LogP contribution < -0.4 is 0 Å². The van der Waals surface area contributed by atoms with Crippen LogP contribution in [0.1, 0.15) is 22.7 Å². The third-order valence-corrected chi connectivity index (χ3v) is 5.29. The van der Waals surface area contributed by atoms with Crippen LogP contribution in [-0.2, 0) is 14.3 Å². The number of hydrogen-bond donors (Lipinski definition) is 2. The number of likely N-dealkylation sites (tertiary alicyclic amines) is 1. The fourth-order valence-corrected chi connectivity index (χ4v) is 3.56. The van der Waals surface area contributed by atoms with Crippen LogP contribution in [0.2, 0.25) is 0 Å². The van der Waals surface area contributed by atoms with E-state index in [9.17, 15) is 14.7 Å². The van der Waals surface area contributed by atoms with Crippen molar-refractivity contribution in [1.29, 1.82) is 0 Å². The molecule has 2 aromatic carbocycles. The summed E-state index contributed by atoms with van der Waals surface area (Å²) in [6, 6.07) is 13.7. The second kappa shape index (κ2) is 9.35. The molecule has 2 aromatic rings. The van der Waals surface area contributed by atoms with E-state index in [-0.39, 0.29) is 37.7 Å². The van der Waals surface area contributed by atoms with E-state index in [2.05, 4.69) is 15.9 Å². The lowest BCUT2D eigenvalue weighted by molar-refractivity contribution is -0.140. The molecule has 0 spiro atoms. The predicted molar refractivity (Wildman–Crippen MR) is 112 cm³/mol. The van der Waals surface area contributed by atoms with Crippen LogP contribution in [0.15, 0.2) is 58.6 Å². The molecule has 6 nitrogen and oxygen atoms in total. The number of carbonyl (C=O) groups is 2. The Labute approximate surface area is 177 Å². The van der Waals surface area contributed by atoms with Crippen LogP contribution in [0.25, 0.3) is 5.76 Å². The van der Waals surface area contributed by atoms with Gasteiger partial charge in [-0.15, -0.1) is 0 Å². The van der Waals surface area contributed by atoms with Gasteiger partial charge in [0.1, 0.15) is 5.76 Å². The van der Waals surface area contributed by atoms with Gasteiger partial charge in [-0.05, 0) is 24.6 Å². The Morgan fingerprint density at radius 3 is 2.34 bits per heavy atom. The lowest BCUT2D eigenvalue weighted by Crippen LogP contribution is -2.33. The third-order valence-electron chi connectivity index (χ3n) is 4.76. The Kier molecular flexibility index (Phi) is 6.84. The van der Waals surface area contributed by atoms with Crippen LogP contribution in [0, 0.1) is 6.92 Å². The quantitative estimate of drug-likeness (QED) is 0.287. The number of ketones is 1. The Balaban J connectivity index is 2.05. The van der Waals surface area contributed by atoms with Gasteiger partial charge in [-0.3, -0.25) is 9.59 Å². The number of halogens is 1. The number of rotatable bonds is 7. The second-order valence-corrected chi connectivity index (χ2v) is 7.66. The molecule has 0 saturated carbocycles. The largest absolute Gasteiger partial charge is 0.507 e. The van der Waals surface area contributed by atoms with Gasteiger partial charge in [0.15, 0.2) is 0 Å². The number of aliphatic hydroxyl groups excluding tert-OH is 2. The highest BCUT2D eigenvalue weighted by Crippen LogP contribution is 2.39. The van der Waals surface area contributed by atoms with Gasteiger partial charge < -0.3 is 19.8 Å². The summed E-state index contributed by atoms with van der Waals surface area (Å²) in [5.41, 5.74) is 2.30. The fraction of sp³-hybridized carbons (Fsp3) is 0.273. The number of Topliss-reactive ketones (excluding diaryl/α,β-unsaturated/α-hetero) is 1. The molecule has 152 valence electrons. The summed E-state index contributed by atoms with van der Waals surface area (Å²) in [6.07, 6.45) is 0.